The van der Waals surface area contributed by atoms with E-state index in [2.05, 4.69) is 72.0 Å². The number of nitrogens with zero attached hydrogens (tertiary/aromatic N) is 3. The van der Waals surface area contributed by atoms with Crippen molar-refractivity contribution in [2.45, 2.75) is 84.8 Å². The van der Waals surface area contributed by atoms with Crippen molar-refractivity contribution in [3.8, 4) is 22.9 Å². The zero-order chi connectivity index (χ0) is 24.3. The molecule has 35 heavy (non-hydrogen) atoms. The van der Waals surface area contributed by atoms with Crippen molar-refractivity contribution in [3.05, 3.63) is 66.0 Å². The van der Waals surface area contributed by atoms with Crippen molar-refractivity contribution in [3.63, 3.8) is 0 Å². The highest BCUT2D eigenvalue weighted by atomic mass is 16.7. The Morgan fingerprint density at radius 3 is 2.43 bits per heavy atom. The Morgan fingerprint density at radius 1 is 0.829 bits per heavy atom. The maximum absolute atomic E-state index is 5.64. The van der Waals surface area contributed by atoms with Crippen LogP contribution >= 0.6 is 0 Å². The summed E-state index contributed by atoms with van der Waals surface area (Å²) in [5.74, 6) is 2.79. The fourth-order valence-corrected chi connectivity index (χ4v) is 4.78. The Labute approximate surface area is 211 Å². The molecule has 5 nitrogen and oxygen atoms in total. The van der Waals surface area contributed by atoms with E-state index in [0.717, 1.165) is 49.9 Å². The van der Waals surface area contributed by atoms with Crippen LogP contribution in [0.1, 0.15) is 76.5 Å². The van der Waals surface area contributed by atoms with E-state index in [1.165, 1.54) is 61.8 Å². The number of hydrogen-bond acceptors (Lipinski definition) is 4. The van der Waals surface area contributed by atoms with Crippen LogP contribution in [0.2, 0.25) is 0 Å². The molecule has 5 heteroatoms. The molecule has 0 unspecified atom stereocenters. The molecule has 1 aliphatic heterocycles. The quantitative estimate of drug-likeness (QED) is 0.214. The summed E-state index contributed by atoms with van der Waals surface area (Å²) >= 11 is 0. The fraction of sp³-hybridized carbons (Fsp3) is 0.500. The lowest BCUT2D eigenvalue weighted by Crippen LogP contribution is -2.25. The number of hydrogen-bond donors (Lipinski definition) is 0. The normalized spacial score (nSPS) is 12.5. The van der Waals surface area contributed by atoms with Crippen LogP contribution in [0.4, 0.5) is 0 Å². The van der Waals surface area contributed by atoms with Crippen LogP contribution in [0.25, 0.3) is 11.4 Å². The summed E-state index contributed by atoms with van der Waals surface area (Å²) < 4.78 is 13.6. The van der Waals surface area contributed by atoms with Gasteiger partial charge in [-0.25, -0.2) is 4.98 Å². The lowest BCUT2D eigenvalue weighted by atomic mass is 10.1. The Balaban J connectivity index is 1.50. The van der Waals surface area contributed by atoms with E-state index in [4.69, 9.17) is 14.5 Å². The van der Waals surface area contributed by atoms with E-state index in [9.17, 15) is 0 Å². The molecule has 2 aromatic carbocycles. The smallest absolute Gasteiger partial charge is 0.231 e. The van der Waals surface area contributed by atoms with E-state index >= 15 is 0 Å². The lowest BCUT2D eigenvalue weighted by molar-refractivity contribution is 0.174. The molecule has 0 saturated carbocycles. The summed E-state index contributed by atoms with van der Waals surface area (Å²) in [7, 11) is 0. The van der Waals surface area contributed by atoms with E-state index in [-0.39, 0.29) is 0 Å². The molecule has 0 aliphatic carbocycles. The molecule has 0 atom stereocenters. The van der Waals surface area contributed by atoms with Gasteiger partial charge in [-0.2, -0.15) is 0 Å². The van der Waals surface area contributed by atoms with E-state index in [0.29, 0.717) is 6.79 Å². The third kappa shape index (κ3) is 7.11. The minimum atomic E-state index is 0.319. The first kappa shape index (κ1) is 25.3. The number of benzene rings is 2. The van der Waals surface area contributed by atoms with Gasteiger partial charge in [0.1, 0.15) is 5.82 Å². The Morgan fingerprint density at radius 2 is 1.60 bits per heavy atom. The predicted molar refractivity (Wildman–Crippen MR) is 143 cm³/mol. The largest absolute Gasteiger partial charge is 0.454 e. The van der Waals surface area contributed by atoms with E-state index in [1.807, 2.05) is 6.07 Å². The van der Waals surface area contributed by atoms with Gasteiger partial charge in [0.15, 0.2) is 11.5 Å². The predicted octanol–water partition coefficient (Wildman–Crippen LogP) is 7.44. The van der Waals surface area contributed by atoms with Crippen molar-refractivity contribution in [1.29, 1.82) is 0 Å². The van der Waals surface area contributed by atoms with Crippen molar-refractivity contribution < 1.29 is 9.47 Å². The van der Waals surface area contributed by atoms with Crippen LogP contribution in [0.3, 0.4) is 0 Å². The maximum Gasteiger partial charge on any atom is 0.231 e. The standard InChI is InChI=1S/C30H41N3O2/c1-3-5-7-8-9-13-18-32(22-25-16-17-28-29(20-25)35-24-34-28)23-27-21-31-30(33(27)19-6-4-2)26-14-11-10-12-15-26/h10-12,14-17,20-21H,3-9,13,18-19,22-24H2,1-2H3. The van der Waals surface area contributed by atoms with Gasteiger partial charge in [-0.15, -0.1) is 0 Å². The second-order valence-corrected chi connectivity index (χ2v) is 9.61. The van der Waals surface area contributed by atoms with Gasteiger partial charge in [-0.05, 0) is 37.1 Å². The van der Waals surface area contributed by atoms with Crippen LogP contribution in [-0.2, 0) is 19.6 Å². The van der Waals surface area contributed by atoms with Crippen molar-refractivity contribution in [2.75, 3.05) is 13.3 Å². The first-order chi connectivity index (χ1) is 17.3. The highest BCUT2D eigenvalue weighted by molar-refractivity contribution is 5.55. The van der Waals surface area contributed by atoms with Gasteiger partial charge in [-0.1, -0.05) is 88.8 Å². The summed E-state index contributed by atoms with van der Waals surface area (Å²) in [4.78, 5) is 7.45. The number of ether oxygens (including phenoxy) is 2. The molecule has 4 rings (SSSR count). The number of imidazole rings is 1. The lowest BCUT2D eigenvalue weighted by Gasteiger charge is -2.24. The van der Waals surface area contributed by atoms with E-state index < -0.39 is 0 Å². The summed E-state index contributed by atoms with van der Waals surface area (Å²) in [6.45, 7) is 8.73. The molecule has 0 amide bonds. The third-order valence-electron chi connectivity index (χ3n) is 6.76. The fourth-order valence-electron chi connectivity index (χ4n) is 4.78. The minimum Gasteiger partial charge on any atom is -0.454 e. The number of rotatable bonds is 15. The molecular formula is C30H41N3O2. The zero-order valence-electron chi connectivity index (χ0n) is 21.5. The molecule has 0 radical (unpaired) electrons. The highest BCUT2D eigenvalue weighted by Gasteiger charge is 2.17. The Kier molecular flexibility index (Phi) is 9.64. The first-order valence-electron chi connectivity index (χ1n) is 13.5. The molecule has 0 N–H and O–H groups in total. The van der Waals surface area contributed by atoms with Crippen LogP contribution in [-0.4, -0.2) is 27.8 Å². The molecular weight excluding hydrogens is 434 g/mol. The van der Waals surface area contributed by atoms with Gasteiger partial charge in [-0.3, -0.25) is 4.90 Å². The molecule has 0 fully saturated rings. The summed E-state index contributed by atoms with van der Waals surface area (Å²) in [5.41, 5.74) is 3.75. The summed E-state index contributed by atoms with van der Waals surface area (Å²) in [6.07, 6.45) is 12.3. The number of fused-ring (bicyclic) bond motifs is 1. The SMILES string of the molecule is CCCCCCCCN(Cc1ccc2c(c1)OCO2)Cc1cnc(-c2ccccc2)n1CCCC. The summed E-state index contributed by atoms with van der Waals surface area (Å²) in [5, 5.41) is 0. The van der Waals surface area contributed by atoms with Crippen LogP contribution in [0.15, 0.2) is 54.7 Å². The van der Waals surface area contributed by atoms with Gasteiger partial charge >= 0.3 is 0 Å². The minimum absolute atomic E-state index is 0.319. The molecule has 2 heterocycles. The van der Waals surface area contributed by atoms with Crippen molar-refractivity contribution in [1.82, 2.24) is 14.5 Å². The van der Waals surface area contributed by atoms with Gasteiger partial charge < -0.3 is 14.0 Å². The van der Waals surface area contributed by atoms with Crippen molar-refractivity contribution >= 4 is 0 Å². The van der Waals surface area contributed by atoms with E-state index in [1.54, 1.807) is 0 Å². The highest BCUT2D eigenvalue weighted by Crippen LogP contribution is 2.33. The number of aromatic nitrogens is 2. The molecule has 0 bridgehead atoms. The number of unbranched alkanes of at least 4 members (excludes halogenated alkanes) is 6. The Hall–Kier alpha value is -2.79. The van der Waals surface area contributed by atoms with Gasteiger partial charge in [0.25, 0.3) is 0 Å². The molecule has 1 aliphatic rings. The Bertz CT molecular complexity index is 1030. The average Bonchev–Trinajstić information content (AvgIpc) is 3.51. The molecule has 1 aromatic heterocycles. The van der Waals surface area contributed by atoms with Crippen LogP contribution in [0.5, 0.6) is 11.5 Å². The summed E-state index contributed by atoms with van der Waals surface area (Å²) in [6, 6.07) is 16.9. The van der Waals surface area contributed by atoms with Crippen LogP contribution in [0, 0.1) is 0 Å². The monoisotopic (exact) mass is 475 g/mol. The molecule has 0 spiro atoms. The molecule has 3 aromatic rings. The zero-order valence-corrected chi connectivity index (χ0v) is 21.5. The molecule has 188 valence electrons. The first-order valence-corrected chi connectivity index (χ1v) is 13.5. The maximum atomic E-state index is 5.64. The second kappa shape index (κ2) is 13.3. The average molecular weight is 476 g/mol. The second-order valence-electron chi connectivity index (χ2n) is 9.61. The third-order valence-corrected chi connectivity index (χ3v) is 6.76. The molecule has 0 saturated heterocycles. The van der Waals surface area contributed by atoms with Crippen molar-refractivity contribution in [2.24, 2.45) is 0 Å². The van der Waals surface area contributed by atoms with Gasteiger partial charge in [0.05, 0.1) is 11.9 Å². The van der Waals surface area contributed by atoms with Gasteiger partial charge in [0, 0.05) is 25.2 Å². The topological polar surface area (TPSA) is 39.5 Å². The van der Waals surface area contributed by atoms with Crippen LogP contribution < -0.4 is 9.47 Å². The van der Waals surface area contributed by atoms with Gasteiger partial charge in [0.2, 0.25) is 6.79 Å².